The molecular formula is C17H16INO. The standard InChI is InChI=1S/C17H16INO/c18-14-8-3-7-13(11-14)17(20)19-16-10-4-6-12-5-1-2-9-15(12)16/h1-3,5,7-9,11,16H,4,6,10H2,(H,19,20). The van der Waals surface area contributed by atoms with Gasteiger partial charge < -0.3 is 5.32 Å². The maximum atomic E-state index is 12.4. The molecule has 2 aromatic carbocycles. The van der Waals surface area contributed by atoms with Gasteiger partial charge >= 0.3 is 0 Å². The number of rotatable bonds is 2. The van der Waals surface area contributed by atoms with Crippen molar-refractivity contribution >= 4 is 28.5 Å². The first-order valence-electron chi connectivity index (χ1n) is 6.88. The summed E-state index contributed by atoms with van der Waals surface area (Å²) in [7, 11) is 0. The molecule has 0 radical (unpaired) electrons. The summed E-state index contributed by atoms with van der Waals surface area (Å²) in [5.41, 5.74) is 3.38. The highest BCUT2D eigenvalue weighted by Crippen LogP contribution is 2.29. The number of carbonyl (C=O) groups is 1. The van der Waals surface area contributed by atoms with Crippen LogP contribution in [-0.4, -0.2) is 5.91 Å². The van der Waals surface area contributed by atoms with E-state index in [1.54, 1.807) is 0 Å². The normalized spacial score (nSPS) is 17.4. The fourth-order valence-corrected chi connectivity index (χ4v) is 3.32. The van der Waals surface area contributed by atoms with Gasteiger partial charge in [0.05, 0.1) is 6.04 Å². The molecule has 1 atom stereocenters. The Morgan fingerprint density at radius 1 is 1.15 bits per heavy atom. The Morgan fingerprint density at radius 3 is 2.85 bits per heavy atom. The second kappa shape index (κ2) is 5.95. The number of amides is 1. The molecule has 0 fully saturated rings. The maximum absolute atomic E-state index is 12.4. The third kappa shape index (κ3) is 2.87. The first-order chi connectivity index (χ1) is 9.74. The van der Waals surface area contributed by atoms with Crippen LogP contribution in [-0.2, 0) is 6.42 Å². The second-order valence-corrected chi connectivity index (χ2v) is 6.37. The van der Waals surface area contributed by atoms with Crippen LogP contribution in [0.4, 0.5) is 0 Å². The molecule has 3 heteroatoms. The number of hydrogen-bond donors (Lipinski definition) is 1. The third-order valence-electron chi connectivity index (χ3n) is 3.76. The molecule has 20 heavy (non-hydrogen) atoms. The van der Waals surface area contributed by atoms with Gasteiger partial charge in [-0.1, -0.05) is 30.3 Å². The Labute approximate surface area is 132 Å². The Kier molecular flexibility index (Phi) is 4.05. The van der Waals surface area contributed by atoms with Crippen LogP contribution in [0.15, 0.2) is 48.5 Å². The van der Waals surface area contributed by atoms with E-state index < -0.39 is 0 Å². The highest BCUT2D eigenvalue weighted by molar-refractivity contribution is 14.1. The van der Waals surface area contributed by atoms with E-state index in [1.807, 2.05) is 24.3 Å². The molecule has 3 rings (SSSR count). The molecule has 102 valence electrons. The Hall–Kier alpha value is -1.36. The number of carbonyl (C=O) groups excluding carboxylic acids is 1. The molecule has 1 amide bonds. The van der Waals surface area contributed by atoms with Crippen LogP contribution in [0.2, 0.25) is 0 Å². The zero-order chi connectivity index (χ0) is 13.9. The van der Waals surface area contributed by atoms with Crippen LogP contribution >= 0.6 is 22.6 Å². The number of nitrogens with one attached hydrogen (secondary N) is 1. The van der Waals surface area contributed by atoms with E-state index >= 15 is 0 Å². The maximum Gasteiger partial charge on any atom is 0.251 e. The molecule has 1 unspecified atom stereocenters. The van der Waals surface area contributed by atoms with Crippen molar-refractivity contribution in [2.75, 3.05) is 0 Å². The van der Waals surface area contributed by atoms with E-state index in [2.05, 4.69) is 52.2 Å². The van der Waals surface area contributed by atoms with E-state index in [0.29, 0.717) is 0 Å². The first-order valence-corrected chi connectivity index (χ1v) is 7.96. The number of fused-ring (bicyclic) bond motifs is 1. The summed E-state index contributed by atoms with van der Waals surface area (Å²) in [5.74, 6) is 0.0187. The average molecular weight is 377 g/mol. The fourth-order valence-electron chi connectivity index (χ4n) is 2.78. The highest BCUT2D eigenvalue weighted by Gasteiger charge is 2.21. The molecule has 1 aliphatic rings. The summed E-state index contributed by atoms with van der Waals surface area (Å²) in [5, 5.41) is 3.18. The van der Waals surface area contributed by atoms with Gasteiger partial charge in [0, 0.05) is 9.13 Å². The van der Waals surface area contributed by atoms with Gasteiger partial charge in [0.15, 0.2) is 0 Å². The topological polar surface area (TPSA) is 29.1 Å². The van der Waals surface area contributed by atoms with Gasteiger partial charge in [0.2, 0.25) is 0 Å². The van der Waals surface area contributed by atoms with Gasteiger partial charge in [-0.25, -0.2) is 0 Å². The van der Waals surface area contributed by atoms with Crippen LogP contribution in [0, 0.1) is 3.57 Å². The van der Waals surface area contributed by atoms with Gasteiger partial charge in [-0.3, -0.25) is 4.79 Å². The number of halogens is 1. The van der Waals surface area contributed by atoms with E-state index in [0.717, 1.165) is 28.4 Å². The van der Waals surface area contributed by atoms with Crippen molar-refractivity contribution in [1.82, 2.24) is 5.32 Å². The molecule has 0 bridgehead atoms. The van der Waals surface area contributed by atoms with Gasteiger partial charge in [0.1, 0.15) is 0 Å². The summed E-state index contributed by atoms with van der Waals surface area (Å²) in [6, 6.07) is 16.3. The predicted octanol–water partition coefficient (Wildman–Crippen LogP) is 4.10. The van der Waals surface area contributed by atoms with Gasteiger partial charge in [-0.15, -0.1) is 0 Å². The van der Waals surface area contributed by atoms with Crippen LogP contribution in [0.25, 0.3) is 0 Å². The molecule has 2 nitrogen and oxygen atoms in total. The van der Waals surface area contributed by atoms with Crippen molar-refractivity contribution in [1.29, 1.82) is 0 Å². The molecule has 0 heterocycles. The molecule has 0 spiro atoms. The lowest BCUT2D eigenvalue weighted by atomic mass is 9.87. The number of hydrogen-bond acceptors (Lipinski definition) is 1. The zero-order valence-electron chi connectivity index (χ0n) is 11.1. The summed E-state index contributed by atoms with van der Waals surface area (Å²) in [6.07, 6.45) is 3.27. The minimum absolute atomic E-state index is 0.0187. The fraction of sp³-hybridized carbons (Fsp3) is 0.235. The van der Waals surface area contributed by atoms with Crippen LogP contribution in [0.1, 0.15) is 40.4 Å². The monoisotopic (exact) mass is 377 g/mol. The smallest absolute Gasteiger partial charge is 0.251 e. The lowest BCUT2D eigenvalue weighted by Gasteiger charge is -2.26. The minimum Gasteiger partial charge on any atom is -0.345 e. The summed E-state index contributed by atoms with van der Waals surface area (Å²) >= 11 is 2.23. The molecule has 2 aromatic rings. The Bertz CT molecular complexity index is 638. The largest absolute Gasteiger partial charge is 0.345 e. The van der Waals surface area contributed by atoms with E-state index in [9.17, 15) is 4.79 Å². The SMILES string of the molecule is O=C(NC1CCCc2ccccc21)c1cccc(I)c1. The first kappa shape index (κ1) is 13.6. The van der Waals surface area contributed by atoms with E-state index in [1.165, 1.54) is 11.1 Å². The van der Waals surface area contributed by atoms with Crippen LogP contribution < -0.4 is 5.32 Å². The quantitative estimate of drug-likeness (QED) is 0.785. The molecule has 1 aliphatic carbocycles. The molecule has 1 N–H and O–H groups in total. The lowest BCUT2D eigenvalue weighted by molar-refractivity contribution is 0.0932. The van der Waals surface area contributed by atoms with Gasteiger partial charge in [-0.05, 0) is 71.2 Å². The van der Waals surface area contributed by atoms with Crippen molar-refractivity contribution in [3.8, 4) is 0 Å². The molecular weight excluding hydrogens is 361 g/mol. The van der Waals surface area contributed by atoms with E-state index in [-0.39, 0.29) is 11.9 Å². The number of benzene rings is 2. The van der Waals surface area contributed by atoms with Crippen molar-refractivity contribution < 1.29 is 4.79 Å². The summed E-state index contributed by atoms with van der Waals surface area (Å²) < 4.78 is 1.08. The van der Waals surface area contributed by atoms with Crippen molar-refractivity contribution in [2.24, 2.45) is 0 Å². The molecule has 0 aromatic heterocycles. The lowest BCUT2D eigenvalue weighted by Crippen LogP contribution is -2.31. The summed E-state index contributed by atoms with van der Waals surface area (Å²) in [6.45, 7) is 0. The second-order valence-electron chi connectivity index (χ2n) is 5.13. The van der Waals surface area contributed by atoms with Crippen molar-refractivity contribution in [2.45, 2.75) is 25.3 Å². The number of aryl methyl sites for hydroxylation is 1. The van der Waals surface area contributed by atoms with E-state index in [4.69, 9.17) is 0 Å². The minimum atomic E-state index is 0.0187. The highest BCUT2D eigenvalue weighted by atomic mass is 127. The predicted molar refractivity (Wildman–Crippen MR) is 88.7 cm³/mol. The Balaban J connectivity index is 1.81. The molecule has 0 aliphatic heterocycles. The van der Waals surface area contributed by atoms with Gasteiger partial charge in [0.25, 0.3) is 5.91 Å². The molecule has 0 saturated heterocycles. The average Bonchev–Trinajstić information content (AvgIpc) is 2.47. The Morgan fingerprint density at radius 2 is 2.00 bits per heavy atom. The molecule has 0 saturated carbocycles. The third-order valence-corrected chi connectivity index (χ3v) is 4.43. The van der Waals surface area contributed by atoms with Crippen LogP contribution in [0.5, 0.6) is 0 Å². The zero-order valence-corrected chi connectivity index (χ0v) is 13.3. The van der Waals surface area contributed by atoms with Crippen LogP contribution in [0.3, 0.4) is 0 Å². The van der Waals surface area contributed by atoms with Crippen molar-refractivity contribution in [3.05, 3.63) is 68.8 Å². The van der Waals surface area contributed by atoms with Gasteiger partial charge in [-0.2, -0.15) is 0 Å². The van der Waals surface area contributed by atoms with Crippen molar-refractivity contribution in [3.63, 3.8) is 0 Å². The summed E-state index contributed by atoms with van der Waals surface area (Å²) in [4.78, 5) is 12.4.